The molecule has 18 heavy (non-hydrogen) atoms. The molecule has 0 unspecified atom stereocenters. The minimum atomic E-state index is -0.0817. The molecule has 1 saturated carbocycles. The number of carbonyl (C=O) groups excluding carboxylic acids is 1. The van der Waals surface area contributed by atoms with E-state index in [1.165, 1.54) is 0 Å². The molecular formula is C14H17Cl2NO. The van der Waals surface area contributed by atoms with Crippen LogP contribution in [0.25, 0.3) is 0 Å². The van der Waals surface area contributed by atoms with Gasteiger partial charge in [0, 0.05) is 11.4 Å². The van der Waals surface area contributed by atoms with Crippen LogP contribution in [0.4, 0.5) is 0 Å². The third kappa shape index (κ3) is 3.18. The number of alkyl halides is 1. The molecule has 0 spiro atoms. The summed E-state index contributed by atoms with van der Waals surface area (Å²) in [5, 5.41) is 3.85. The molecule has 0 aromatic heterocycles. The van der Waals surface area contributed by atoms with Crippen LogP contribution in [0.5, 0.6) is 0 Å². The smallest absolute Gasteiger partial charge is 0.253 e. The lowest BCUT2D eigenvalue weighted by Crippen LogP contribution is -2.38. The van der Waals surface area contributed by atoms with Gasteiger partial charge in [0.15, 0.2) is 0 Å². The summed E-state index contributed by atoms with van der Waals surface area (Å²) in [5.74, 6) is -0.0817. The zero-order valence-corrected chi connectivity index (χ0v) is 11.9. The quantitative estimate of drug-likeness (QED) is 0.820. The first kappa shape index (κ1) is 13.7. The molecule has 1 fully saturated rings. The van der Waals surface area contributed by atoms with E-state index in [-0.39, 0.29) is 17.3 Å². The highest BCUT2D eigenvalue weighted by Gasteiger charge is 2.22. The van der Waals surface area contributed by atoms with Crippen LogP contribution in [0.2, 0.25) is 5.02 Å². The first-order valence-corrected chi connectivity index (χ1v) is 7.09. The number of benzene rings is 1. The Kier molecular flexibility index (Phi) is 4.52. The van der Waals surface area contributed by atoms with E-state index < -0.39 is 0 Å². The second-order valence-corrected chi connectivity index (χ2v) is 5.85. The summed E-state index contributed by atoms with van der Waals surface area (Å²) in [5.41, 5.74) is 1.48. The van der Waals surface area contributed by atoms with E-state index >= 15 is 0 Å². The van der Waals surface area contributed by atoms with Gasteiger partial charge in [-0.05, 0) is 44.2 Å². The Morgan fingerprint density at radius 3 is 2.61 bits per heavy atom. The number of halogens is 2. The van der Waals surface area contributed by atoms with E-state index in [1.54, 1.807) is 6.07 Å². The molecule has 1 aromatic carbocycles. The van der Waals surface area contributed by atoms with Crippen LogP contribution >= 0.6 is 23.2 Å². The molecular weight excluding hydrogens is 269 g/mol. The second kappa shape index (κ2) is 5.94. The first-order chi connectivity index (χ1) is 8.58. The number of aryl methyl sites for hydroxylation is 1. The third-order valence-corrected chi connectivity index (χ3v) is 4.37. The topological polar surface area (TPSA) is 29.1 Å². The Hall–Kier alpha value is -0.730. The van der Waals surface area contributed by atoms with E-state index in [0.29, 0.717) is 10.6 Å². The number of nitrogens with one attached hydrogen (secondary N) is 1. The molecule has 2 rings (SSSR count). The van der Waals surface area contributed by atoms with Crippen LogP contribution in [0.3, 0.4) is 0 Å². The average molecular weight is 286 g/mol. The number of hydrogen-bond acceptors (Lipinski definition) is 1. The van der Waals surface area contributed by atoms with Gasteiger partial charge in [-0.3, -0.25) is 4.79 Å². The van der Waals surface area contributed by atoms with Crippen molar-refractivity contribution in [2.45, 2.75) is 44.0 Å². The normalized spacial score (nSPS) is 23.7. The molecule has 98 valence electrons. The summed E-state index contributed by atoms with van der Waals surface area (Å²) in [4.78, 5) is 12.1. The van der Waals surface area contributed by atoms with Gasteiger partial charge < -0.3 is 5.32 Å². The Balaban J connectivity index is 2.01. The maximum atomic E-state index is 12.1. The molecule has 0 bridgehead atoms. The summed E-state index contributed by atoms with van der Waals surface area (Å²) in [6, 6.07) is 5.74. The molecule has 0 atom stereocenters. The zero-order valence-electron chi connectivity index (χ0n) is 10.4. The Morgan fingerprint density at radius 1 is 1.28 bits per heavy atom. The van der Waals surface area contributed by atoms with E-state index in [2.05, 4.69) is 5.32 Å². The van der Waals surface area contributed by atoms with Crippen molar-refractivity contribution in [3.8, 4) is 0 Å². The lowest BCUT2D eigenvalue weighted by molar-refractivity contribution is 0.0928. The van der Waals surface area contributed by atoms with Crippen molar-refractivity contribution in [2.75, 3.05) is 0 Å². The molecule has 0 aliphatic heterocycles. The highest BCUT2D eigenvalue weighted by Crippen LogP contribution is 2.24. The van der Waals surface area contributed by atoms with Crippen molar-refractivity contribution in [2.24, 2.45) is 0 Å². The first-order valence-electron chi connectivity index (χ1n) is 6.28. The number of carbonyl (C=O) groups is 1. The molecule has 2 nitrogen and oxygen atoms in total. The summed E-state index contributed by atoms with van der Waals surface area (Å²) in [7, 11) is 0. The van der Waals surface area contributed by atoms with Gasteiger partial charge in [0.05, 0.1) is 10.6 Å². The summed E-state index contributed by atoms with van der Waals surface area (Å²) >= 11 is 12.2. The fourth-order valence-corrected chi connectivity index (χ4v) is 2.75. The van der Waals surface area contributed by atoms with Gasteiger partial charge in [-0.1, -0.05) is 23.7 Å². The molecule has 1 aliphatic rings. The minimum absolute atomic E-state index is 0.0817. The Morgan fingerprint density at radius 2 is 1.94 bits per heavy atom. The van der Waals surface area contributed by atoms with Gasteiger partial charge in [0.25, 0.3) is 5.91 Å². The average Bonchev–Trinajstić information content (AvgIpc) is 2.35. The van der Waals surface area contributed by atoms with Gasteiger partial charge in [0.2, 0.25) is 0 Å². The van der Waals surface area contributed by atoms with Crippen LogP contribution in [0, 0.1) is 6.92 Å². The monoisotopic (exact) mass is 285 g/mol. The largest absolute Gasteiger partial charge is 0.349 e. The van der Waals surface area contributed by atoms with E-state index in [0.717, 1.165) is 31.2 Å². The molecule has 1 amide bonds. The summed E-state index contributed by atoms with van der Waals surface area (Å²) in [6.07, 6.45) is 3.83. The number of amides is 1. The van der Waals surface area contributed by atoms with Crippen LogP contribution in [0.15, 0.2) is 18.2 Å². The van der Waals surface area contributed by atoms with Crippen molar-refractivity contribution in [3.05, 3.63) is 34.3 Å². The SMILES string of the molecule is Cc1cccc(C(=O)NC2CCC(Cl)CC2)c1Cl. The Bertz CT molecular complexity index is 439. The zero-order chi connectivity index (χ0) is 13.1. The Labute approximate surface area is 118 Å². The van der Waals surface area contributed by atoms with Gasteiger partial charge in [0.1, 0.15) is 0 Å². The number of hydrogen-bond donors (Lipinski definition) is 1. The lowest BCUT2D eigenvalue weighted by atomic mass is 9.95. The molecule has 1 aliphatic carbocycles. The van der Waals surface area contributed by atoms with E-state index in [9.17, 15) is 4.79 Å². The van der Waals surface area contributed by atoms with Crippen molar-refractivity contribution in [1.82, 2.24) is 5.32 Å². The maximum absolute atomic E-state index is 12.1. The van der Waals surface area contributed by atoms with Gasteiger partial charge in [-0.2, -0.15) is 0 Å². The van der Waals surface area contributed by atoms with Gasteiger partial charge >= 0.3 is 0 Å². The molecule has 0 heterocycles. The van der Waals surface area contributed by atoms with E-state index in [4.69, 9.17) is 23.2 Å². The van der Waals surface area contributed by atoms with Gasteiger partial charge in [-0.25, -0.2) is 0 Å². The molecule has 4 heteroatoms. The van der Waals surface area contributed by atoms with Crippen molar-refractivity contribution >= 4 is 29.1 Å². The molecule has 1 aromatic rings. The summed E-state index contributed by atoms with van der Waals surface area (Å²) < 4.78 is 0. The van der Waals surface area contributed by atoms with E-state index in [1.807, 2.05) is 19.1 Å². The van der Waals surface area contributed by atoms with Crippen LogP contribution in [0.1, 0.15) is 41.6 Å². The second-order valence-electron chi connectivity index (χ2n) is 4.86. The minimum Gasteiger partial charge on any atom is -0.349 e. The molecule has 0 saturated heterocycles. The highest BCUT2D eigenvalue weighted by atomic mass is 35.5. The fourth-order valence-electron chi connectivity index (χ4n) is 2.28. The van der Waals surface area contributed by atoms with Crippen molar-refractivity contribution in [1.29, 1.82) is 0 Å². The van der Waals surface area contributed by atoms with Crippen LogP contribution in [-0.2, 0) is 0 Å². The van der Waals surface area contributed by atoms with Crippen LogP contribution in [-0.4, -0.2) is 17.3 Å². The van der Waals surface area contributed by atoms with Gasteiger partial charge in [-0.15, -0.1) is 11.6 Å². The maximum Gasteiger partial charge on any atom is 0.253 e. The highest BCUT2D eigenvalue weighted by molar-refractivity contribution is 6.34. The third-order valence-electron chi connectivity index (χ3n) is 3.43. The lowest BCUT2D eigenvalue weighted by Gasteiger charge is -2.26. The molecule has 1 N–H and O–H groups in total. The number of rotatable bonds is 2. The van der Waals surface area contributed by atoms with Crippen molar-refractivity contribution < 1.29 is 4.79 Å². The summed E-state index contributed by atoms with van der Waals surface area (Å²) in [6.45, 7) is 1.90. The molecule has 0 radical (unpaired) electrons. The fraction of sp³-hybridized carbons (Fsp3) is 0.500. The predicted molar refractivity (Wildman–Crippen MR) is 75.6 cm³/mol. The van der Waals surface area contributed by atoms with Crippen LogP contribution < -0.4 is 5.32 Å². The standard InChI is InChI=1S/C14H17Cl2NO/c1-9-3-2-4-12(13(9)16)14(18)17-11-7-5-10(15)6-8-11/h2-4,10-11H,5-8H2,1H3,(H,17,18). The van der Waals surface area contributed by atoms with Crippen molar-refractivity contribution in [3.63, 3.8) is 0 Å². The predicted octanol–water partition coefficient (Wildman–Crippen LogP) is 3.93.